The molecule has 4 nitrogen and oxygen atoms in total. The number of hydrogen-bond donors (Lipinski definition) is 2. The summed E-state index contributed by atoms with van der Waals surface area (Å²) in [6.45, 7) is 0.478. The average molecular weight is 239 g/mol. The van der Waals surface area contributed by atoms with Crippen LogP contribution in [0.1, 0.15) is 10.4 Å². The minimum atomic E-state index is -0.834. The molecule has 0 saturated carbocycles. The Labute approximate surface area is 98.0 Å². The molecular formula is C11H13NO3S. The summed E-state index contributed by atoms with van der Waals surface area (Å²) < 4.78 is 0. The van der Waals surface area contributed by atoms with E-state index in [-0.39, 0.29) is 11.7 Å². The van der Waals surface area contributed by atoms with Crippen LogP contribution in [0.2, 0.25) is 0 Å². The van der Waals surface area contributed by atoms with Crippen LogP contribution in [-0.2, 0) is 4.79 Å². The Balaban J connectivity index is 2.19. The molecule has 0 fully saturated rings. The molecule has 1 amide bonds. The van der Waals surface area contributed by atoms with Crippen molar-refractivity contribution in [3.05, 3.63) is 35.9 Å². The van der Waals surface area contributed by atoms with E-state index in [0.717, 1.165) is 0 Å². The summed E-state index contributed by atoms with van der Waals surface area (Å²) in [6.07, 6.45) is 0. The number of carboxylic acid groups (broad SMARTS) is 1. The highest BCUT2D eigenvalue weighted by atomic mass is 32.2. The monoisotopic (exact) mass is 239 g/mol. The first-order valence-corrected chi connectivity index (χ1v) is 5.98. The lowest BCUT2D eigenvalue weighted by atomic mass is 10.2. The zero-order valence-corrected chi connectivity index (χ0v) is 9.50. The van der Waals surface area contributed by atoms with Gasteiger partial charge < -0.3 is 10.4 Å². The average Bonchev–Trinajstić information content (AvgIpc) is 2.29. The van der Waals surface area contributed by atoms with Crippen molar-refractivity contribution < 1.29 is 14.7 Å². The van der Waals surface area contributed by atoms with Gasteiger partial charge in [-0.25, -0.2) is 0 Å². The van der Waals surface area contributed by atoms with Crippen LogP contribution in [0.5, 0.6) is 0 Å². The van der Waals surface area contributed by atoms with Crippen molar-refractivity contribution >= 4 is 23.6 Å². The number of carbonyl (C=O) groups excluding carboxylic acids is 1. The molecule has 0 spiro atoms. The third-order valence-electron chi connectivity index (χ3n) is 1.79. The molecule has 0 atom stereocenters. The van der Waals surface area contributed by atoms with Gasteiger partial charge in [0.25, 0.3) is 5.91 Å². The molecule has 0 aliphatic rings. The van der Waals surface area contributed by atoms with Crippen LogP contribution in [0.3, 0.4) is 0 Å². The number of nitrogens with one attached hydrogen (secondary N) is 1. The highest BCUT2D eigenvalue weighted by Gasteiger charge is 2.03. The molecule has 2 N–H and O–H groups in total. The van der Waals surface area contributed by atoms with Gasteiger partial charge in [0.05, 0.1) is 5.75 Å². The quantitative estimate of drug-likeness (QED) is 0.733. The number of amides is 1. The second-order valence-corrected chi connectivity index (χ2v) is 4.17. The zero-order chi connectivity index (χ0) is 11.8. The summed E-state index contributed by atoms with van der Waals surface area (Å²) in [5.41, 5.74) is 0.616. The Morgan fingerprint density at radius 3 is 2.56 bits per heavy atom. The lowest BCUT2D eigenvalue weighted by Crippen LogP contribution is -2.25. The Bertz CT molecular complexity index is 354. The third-order valence-corrected chi connectivity index (χ3v) is 2.74. The summed E-state index contributed by atoms with van der Waals surface area (Å²) in [4.78, 5) is 21.7. The Morgan fingerprint density at radius 1 is 1.25 bits per heavy atom. The Morgan fingerprint density at radius 2 is 1.94 bits per heavy atom. The van der Waals surface area contributed by atoms with E-state index in [9.17, 15) is 9.59 Å². The van der Waals surface area contributed by atoms with Gasteiger partial charge >= 0.3 is 5.97 Å². The van der Waals surface area contributed by atoms with Crippen LogP contribution < -0.4 is 5.32 Å². The van der Waals surface area contributed by atoms with Crippen LogP contribution >= 0.6 is 11.8 Å². The maximum absolute atomic E-state index is 11.5. The lowest BCUT2D eigenvalue weighted by molar-refractivity contribution is -0.133. The molecule has 1 aromatic rings. The van der Waals surface area contributed by atoms with Crippen LogP contribution in [0.25, 0.3) is 0 Å². The highest BCUT2D eigenvalue weighted by Crippen LogP contribution is 1.99. The second kappa shape index (κ2) is 6.90. The number of hydrogen-bond acceptors (Lipinski definition) is 3. The minimum Gasteiger partial charge on any atom is -0.481 e. The second-order valence-electron chi connectivity index (χ2n) is 3.07. The van der Waals surface area contributed by atoms with Crippen molar-refractivity contribution in [2.75, 3.05) is 18.1 Å². The number of aliphatic carboxylic acids is 1. The molecule has 0 unspecified atom stereocenters. The maximum atomic E-state index is 11.5. The molecular weight excluding hydrogens is 226 g/mol. The molecule has 1 rings (SSSR count). The summed E-state index contributed by atoms with van der Waals surface area (Å²) in [5, 5.41) is 11.1. The van der Waals surface area contributed by atoms with Gasteiger partial charge in [-0.1, -0.05) is 18.2 Å². The number of thioether (sulfide) groups is 1. The van der Waals surface area contributed by atoms with Gasteiger partial charge in [-0.05, 0) is 12.1 Å². The van der Waals surface area contributed by atoms with Crippen molar-refractivity contribution in [1.29, 1.82) is 0 Å². The molecule has 0 bridgehead atoms. The van der Waals surface area contributed by atoms with Crippen LogP contribution in [0, 0.1) is 0 Å². The zero-order valence-electron chi connectivity index (χ0n) is 8.68. The predicted molar refractivity (Wildman–Crippen MR) is 63.7 cm³/mol. The van der Waals surface area contributed by atoms with Crippen molar-refractivity contribution in [2.45, 2.75) is 0 Å². The van der Waals surface area contributed by atoms with Crippen LogP contribution in [0.4, 0.5) is 0 Å². The van der Waals surface area contributed by atoms with Gasteiger partial charge in [0, 0.05) is 17.9 Å². The van der Waals surface area contributed by atoms with E-state index in [2.05, 4.69) is 5.32 Å². The number of benzene rings is 1. The summed E-state index contributed by atoms with van der Waals surface area (Å²) in [6, 6.07) is 8.92. The fraction of sp³-hybridized carbons (Fsp3) is 0.273. The van der Waals surface area contributed by atoms with E-state index >= 15 is 0 Å². The van der Waals surface area contributed by atoms with Gasteiger partial charge in [-0.2, -0.15) is 0 Å². The molecule has 1 aromatic carbocycles. The highest BCUT2D eigenvalue weighted by molar-refractivity contribution is 7.99. The van der Waals surface area contributed by atoms with Gasteiger partial charge in [-0.15, -0.1) is 11.8 Å². The number of carboxylic acids is 1. The lowest BCUT2D eigenvalue weighted by Gasteiger charge is -2.03. The van der Waals surface area contributed by atoms with Crippen molar-refractivity contribution in [3.8, 4) is 0 Å². The van der Waals surface area contributed by atoms with E-state index in [1.165, 1.54) is 11.8 Å². The molecule has 0 heterocycles. The Hall–Kier alpha value is -1.49. The SMILES string of the molecule is O=C(O)CSCCNC(=O)c1ccccc1. The van der Waals surface area contributed by atoms with E-state index in [4.69, 9.17) is 5.11 Å². The fourth-order valence-electron chi connectivity index (χ4n) is 1.09. The smallest absolute Gasteiger partial charge is 0.313 e. The van der Waals surface area contributed by atoms with Crippen LogP contribution in [0.15, 0.2) is 30.3 Å². The van der Waals surface area contributed by atoms with Gasteiger partial charge in [0.15, 0.2) is 0 Å². The molecule has 5 heteroatoms. The van der Waals surface area contributed by atoms with E-state index in [0.29, 0.717) is 17.9 Å². The van der Waals surface area contributed by atoms with Crippen molar-refractivity contribution in [3.63, 3.8) is 0 Å². The molecule has 86 valence electrons. The minimum absolute atomic E-state index is 0.0706. The summed E-state index contributed by atoms with van der Waals surface area (Å²) in [7, 11) is 0. The normalized spacial score (nSPS) is 9.75. The topological polar surface area (TPSA) is 66.4 Å². The Kier molecular flexibility index (Phi) is 5.42. The van der Waals surface area contributed by atoms with Gasteiger partial charge in [0.2, 0.25) is 0 Å². The molecule has 0 saturated heterocycles. The summed E-state index contributed by atoms with van der Waals surface area (Å²) >= 11 is 1.28. The first-order valence-electron chi connectivity index (χ1n) is 4.83. The largest absolute Gasteiger partial charge is 0.481 e. The van der Waals surface area contributed by atoms with E-state index in [1.54, 1.807) is 24.3 Å². The van der Waals surface area contributed by atoms with Gasteiger partial charge in [-0.3, -0.25) is 9.59 Å². The molecule has 16 heavy (non-hydrogen) atoms. The first kappa shape index (κ1) is 12.6. The van der Waals surface area contributed by atoms with Crippen molar-refractivity contribution in [1.82, 2.24) is 5.32 Å². The summed E-state index contributed by atoms with van der Waals surface area (Å²) in [5.74, 6) is -0.289. The fourth-order valence-corrected chi connectivity index (χ4v) is 1.65. The number of rotatable bonds is 6. The first-order chi connectivity index (χ1) is 7.70. The maximum Gasteiger partial charge on any atom is 0.313 e. The van der Waals surface area contributed by atoms with Crippen molar-refractivity contribution in [2.24, 2.45) is 0 Å². The van der Waals surface area contributed by atoms with E-state index in [1.807, 2.05) is 6.07 Å². The number of carbonyl (C=O) groups is 2. The molecule has 0 aliphatic heterocycles. The van der Waals surface area contributed by atoms with Crippen LogP contribution in [-0.4, -0.2) is 35.0 Å². The van der Waals surface area contributed by atoms with E-state index < -0.39 is 5.97 Å². The van der Waals surface area contributed by atoms with Gasteiger partial charge in [0.1, 0.15) is 0 Å². The standard InChI is InChI=1S/C11H13NO3S/c13-10(14)8-16-7-6-12-11(15)9-4-2-1-3-5-9/h1-5H,6-8H2,(H,12,15)(H,13,14). The predicted octanol–water partition coefficient (Wildman–Crippen LogP) is 1.23. The third kappa shape index (κ3) is 4.84. The molecule has 0 aromatic heterocycles. The molecule has 0 radical (unpaired) electrons. The molecule has 0 aliphatic carbocycles.